The van der Waals surface area contributed by atoms with Gasteiger partial charge >= 0.3 is 0 Å². The summed E-state index contributed by atoms with van der Waals surface area (Å²) in [5.74, 6) is 1.24. The Morgan fingerprint density at radius 1 is 1.14 bits per heavy atom. The minimum atomic E-state index is -0.259. The average molecular weight is 303 g/mol. The summed E-state index contributed by atoms with van der Waals surface area (Å²) in [6.07, 6.45) is 4.27. The second kappa shape index (κ2) is 5.84. The van der Waals surface area contributed by atoms with Gasteiger partial charge in [0.2, 0.25) is 0 Å². The minimum Gasteiger partial charge on any atom is -0.493 e. The molecule has 22 heavy (non-hydrogen) atoms. The fourth-order valence-corrected chi connectivity index (χ4v) is 4.10. The zero-order valence-electron chi connectivity index (χ0n) is 13.2. The van der Waals surface area contributed by atoms with Crippen LogP contribution in [0.25, 0.3) is 0 Å². The van der Waals surface area contributed by atoms with Crippen LogP contribution in [0.5, 0.6) is 5.75 Å². The van der Waals surface area contributed by atoms with Gasteiger partial charge in [-0.1, -0.05) is 18.2 Å². The van der Waals surface area contributed by atoms with E-state index in [4.69, 9.17) is 14.2 Å². The quantitative estimate of drug-likeness (QED) is 0.932. The van der Waals surface area contributed by atoms with Gasteiger partial charge in [0.05, 0.1) is 19.8 Å². The number of ether oxygens (including phenoxy) is 3. The third-order valence-corrected chi connectivity index (χ3v) is 5.40. The molecule has 1 aliphatic carbocycles. The molecule has 0 aromatic heterocycles. The van der Waals surface area contributed by atoms with Crippen molar-refractivity contribution >= 4 is 0 Å². The molecule has 0 amide bonds. The molecule has 0 radical (unpaired) electrons. The highest BCUT2D eigenvalue weighted by atomic mass is 16.7. The van der Waals surface area contributed by atoms with Crippen LogP contribution in [0.1, 0.15) is 44.1 Å². The molecule has 1 N–H and O–H groups in total. The van der Waals surface area contributed by atoms with Crippen LogP contribution in [0.2, 0.25) is 0 Å². The molecule has 4 heteroatoms. The molecule has 4 nitrogen and oxygen atoms in total. The Hall–Kier alpha value is -1.10. The van der Waals surface area contributed by atoms with Crippen LogP contribution < -0.4 is 10.1 Å². The lowest BCUT2D eigenvalue weighted by Gasteiger charge is -2.37. The van der Waals surface area contributed by atoms with Crippen molar-refractivity contribution in [3.05, 3.63) is 29.8 Å². The number of rotatable bonds is 3. The van der Waals surface area contributed by atoms with Crippen molar-refractivity contribution in [2.24, 2.45) is 0 Å². The van der Waals surface area contributed by atoms with Crippen molar-refractivity contribution in [1.82, 2.24) is 5.32 Å². The number of benzene rings is 1. The molecular weight excluding hydrogens is 278 g/mol. The molecule has 2 atom stereocenters. The summed E-state index contributed by atoms with van der Waals surface area (Å²) in [7, 11) is 0. The molecular formula is C18H25NO3. The van der Waals surface area contributed by atoms with Crippen molar-refractivity contribution in [2.45, 2.75) is 56.4 Å². The highest BCUT2D eigenvalue weighted by Crippen LogP contribution is 2.38. The maximum atomic E-state index is 5.82. The Morgan fingerprint density at radius 2 is 1.86 bits per heavy atom. The SMILES string of the molecule is C[C@H](NC1CCC2(CC1)OCCO2)[C@H]1COc2ccccc21. The first-order chi connectivity index (χ1) is 10.8. The maximum absolute atomic E-state index is 5.82. The van der Waals surface area contributed by atoms with E-state index in [1.165, 1.54) is 5.56 Å². The Balaban J connectivity index is 1.34. The van der Waals surface area contributed by atoms with Crippen LogP contribution in [0.3, 0.4) is 0 Å². The highest BCUT2D eigenvalue weighted by molar-refractivity contribution is 5.40. The zero-order valence-corrected chi connectivity index (χ0v) is 13.2. The number of hydrogen-bond acceptors (Lipinski definition) is 4. The molecule has 1 spiro atoms. The van der Waals surface area contributed by atoms with Crippen molar-refractivity contribution in [3.63, 3.8) is 0 Å². The monoisotopic (exact) mass is 303 g/mol. The van der Waals surface area contributed by atoms with E-state index in [2.05, 4.69) is 30.4 Å². The number of nitrogens with one attached hydrogen (secondary N) is 1. The van der Waals surface area contributed by atoms with E-state index in [-0.39, 0.29) is 5.79 Å². The first-order valence-corrected chi connectivity index (χ1v) is 8.51. The Bertz CT molecular complexity index is 517. The summed E-state index contributed by atoms with van der Waals surface area (Å²) >= 11 is 0. The molecule has 2 heterocycles. The van der Waals surface area contributed by atoms with Gasteiger partial charge in [0.25, 0.3) is 0 Å². The van der Waals surface area contributed by atoms with Crippen LogP contribution in [0.15, 0.2) is 24.3 Å². The van der Waals surface area contributed by atoms with E-state index in [9.17, 15) is 0 Å². The van der Waals surface area contributed by atoms with Crippen LogP contribution >= 0.6 is 0 Å². The topological polar surface area (TPSA) is 39.7 Å². The van der Waals surface area contributed by atoms with Gasteiger partial charge in [-0.2, -0.15) is 0 Å². The first kappa shape index (κ1) is 14.5. The Labute approximate surface area is 132 Å². The van der Waals surface area contributed by atoms with Crippen molar-refractivity contribution in [2.75, 3.05) is 19.8 Å². The third-order valence-electron chi connectivity index (χ3n) is 5.40. The molecule has 1 aromatic rings. The smallest absolute Gasteiger partial charge is 0.168 e. The summed E-state index contributed by atoms with van der Waals surface area (Å²) in [6.45, 7) is 4.58. The number of hydrogen-bond donors (Lipinski definition) is 1. The summed E-state index contributed by atoms with van der Waals surface area (Å²) in [6, 6.07) is 9.39. The third kappa shape index (κ3) is 2.64. The van der Waals surface area contributed by atoms with E-state index in [1.54, 1.807) is 0 Å². The molecule has 2 aliphatic heterocycles. The van der Waals surface area contributed by atoms with Gasteiger partial charge in [-0.3, -0.25) is 0 Å². The molecule has 2 fully saturated rings. The molecule has 3 aliphatic rings. The van der Waals surface area contributed by atoms with Gasteiger partial charge in [0.15, 0.2) is 5.79 Å². The van der Waals surface area contributed by atoms with Crippen LogP contribution in [-0.4, -0.2) is 37.7 Å². The van der Waals surface area contributed by atoms with Gasteiger partial charge in [-0.15, -0.1) is 0 Å². The predicted molar refractivity (Wildman–Crippen MR) is 84.2 cm³/mol. The Kier molecular flexibility index (Phi) is 3.84. The summed E-state index contributed by atoms with van der Waals surface area (Å²) in [5.41, 5.74) is 1.34. The predicted octanol–water partition coefficient (Wildman–Crippen LogP) is 2.83. The van der Waals surface area contributed by atoms with Crippen LogP contribution in [0, 0.1) is 0 Å². The van der Waals surface area contributed by atoms with Gasteiger partial charge < -0.3 is 19.5 Å². The van der Waals surface area contributed by atoms with E-state index in [0.717, 1.165) is 51.3 Å². The van der Waals surface area contributed by atoms with E-state index in [0.29, 0.717) is 18.0 Å². The standard InChI is InChI=1S/C18H25NO3/c1-13(16-12-20-17-5-3-2-4-15(16)17)19-14-6-8-18(9-7-14)21-10-11-22-18/h2-5,13-14,16,19H,6-12H2,1H3/t13-,16+/m0/s1. The molecule has 0 unspecified atom stereocenters. The lowest BCUT2D eigenvalue weighted by molar-refractivity contribution is -0.179. The lowest BCUT2D eigenvalue weighted by Crippen LogP contribution is -2.46. The second-order valence-corrected chi connectivity index (χ2v) is 6.79. The second-order valence-electron chi connectivity index (χ2n) is 6.79. The fourth-order valence-electron chi connectivity index (χ4n) is 4.10. The minimum absolute atomic E-state index is 0.259. The summed E-state index contributed by atoms with van der Waals surface area (Å²) < 4.78 is 17.4. The van der Waals surface area contributed by atoms with Gasteiger partial charge in [-0.05, 0) is 25.8 Å². The molecule has 4 rings (SSSR count). The van der Waals surface area contributed by atoms with E-state index in [1.807, 2.05) is 6.07 Å². The maximum Gasteiger partial charge on any atom is 0.168 e. The molecule has 0 bridgehead atoms. The first-order valence-electron chi connectivity index (χ1n) is 8.51. The average Bonchev–Trinajstić information content (AvgIpc) is 3.17. The molecule has 1 saturated heterocycles. The molecule has 120 valence electrons. The number of fused-ring (bicyclic) bond motifs is 1. The zero-order chi connectivity index (χ0) is 15.0. The van der Waals surface area contributed by atoms with Crippen LogP contribution in [0.4, 0.5) is 0 Å². The Morgan fingerprint density at radius 3 is 2.64 bits per heavy atom. The van der Waals surface area contributed by atoms with Crippen molar-refractivity contribution in [3.8, 4) is 5.75 Å². The van der Waals surface area contributed by atoms with Crippen molar-refractivity contribution in [1.29, 1.82) is 0 Å². The van der Waals surface area contributed by atoms with Gasteiger partial charge in [-0.25, -0.2) is 0 Å². The van der Waals surface area contributed by atoms with E-state index < -0.39 is 0 Å². The van der Waals surface area contributed by atoms with Gasteiger partial charge in [0, 0.05) is 36.4 Å². The largest absolute Gasteiger partial charge is 0.493 e. The van der Waals surface area contributed by atoms with Gasteiger partial charge in [0.1, 0.15) is 5.75 Å². The molecule has 1 saturated carbocycles. The lowest BCUT2D eigenvalue weighted by atomic mass is 9.88. The summed E-state index contributed by atoms with van der Waals surface area (Å²) in [4.78, 5) is 0. The fraction of sp³-hybridized carbons (Fsp3) is 0.667. The normalized spacial score (nSPS) is 28.5. The summed E-state index contributed by atoms with van der Waals surface area (Å²) in [5, 5.41) is 3.82. The highest BCUT2D eigenvalue weighted by Gasteiger charge is 2.41. The number of para-hydroxylation sites is 1. The van der Waals surface area contributed by atoms with Crippen LogP contribution in [-0.2, 0) is 9.47 Å². The molecule has 1 aromatic carbocycles. The van der Waals surface area contributed by atoms with E-state index >= 15 is 0 Å². The van der Waals surface area contributed by atoms with Crippen molar-refractivity contribution < 1.29 is 14.2 Å².